The lowest BCUT2D eigenvalue weighted by molar-refractivity contribution is 0.317. The van der Waals surface area contributed by atoms with Crippen molar-refractivity contribution >= 4 is 5.95 Å². The van der Waals surface area contributed by atoms with Gasteiger partial charge >= 0.3 is 0 Å². The van der Waals surface area contributed by atoms with Crippen molar-refractivity contribution in [1.29, 1.82) is 0 Å². The fourth-order valence-electron chi connectivity index (χ4n) is 3.30. The van der Waals surface area contributed by atoms with Crippen LogP contribution >= 0.6 is 0 Å². The summed E-state index contributed by atoms with van der Waals surface area (Å²) in [5.74, 6) is 1.57. The summed E-state index contributed by atoms with van der Waals surface area (Å²) in [6.45, 7) is 9.62. The molecule has 122 valence electrons. The van der Waals surface area contributed by atoms with E-state index in [0.29, 0.717) is 5.92 Å². The summed E-state index contributed by atoms with van der Waals surface area (Å²) in [5.41, 5.74) is 2.44. The second-order valence-electron chi connectivity index (χ2n) is 6.41. The van der Waals surface area contributed by atoms with E-state index in [-0.39, 0.29) is 0 Å². The highest BCUT2D eigenvalue weighted by Gasteiger charge is 2.24. The maximum absolute atomic E-state index is 4.57. The maximum atomic E-state index is 4.57. The fourth-order valence-corrected chi connectivity index (χ4v) is 3.30. The standard InChI is InChI=1S/C19H26N4/c1-3-23(19-20-11-9-16(2)21-19)15-18-10-12-22(14-18)13-17-7-5-4-6-8-17/h4-9,11,18H,3,10,12-15H2,1-2H3. The quantitative estimate of drug-likeness (QED) is 0.820. The van der Waals surface area contributed by atoms with Crippen molar-refractivity contribution in [3.8, 4) is 0 Å². The van der Waals surface area contributed by atoms with E-state index in [2.05, 4.69) is 57.0 Å². The number of likely N-dealkylation sites (tertiary alicyclic amines) is 1. The van der Waals surface area contributed by atoms with Crippen LogP contribution in [-0.4, -0.2) is 41.0 Å². The first-order chi connectivity index (χ1) is 11.2. The number of rotatable bonds is 6. The minimum absolute atomic E-state index is 0.697. The Hall–Kier alpha value is -1.94. The van der Waals surface area contributed by atoms with Gasteiger partial charge in [-0.2, -0.15) is 0 Å². The van der Waals surface area contributed by atoms with Gasteiger partial charge in [0.05, 0.1) is 0 Å². The second-order valence-corrected chi connectivity index (χ2v) is 6.41. The predicted molar refractivity (Wildman–Crippen MR) is 94.5 cm³/mol. The van der Waals surface area contributed by atoms with Gasteiger partial charge in [0.15, 0.2) is 0 Å². The Bertz CT molecular complexity index is 614. The van der Waals surface area contributed by atoms with Crippen molar-refractivity contribution in [2.24, 2.45) is 5.92 Å². The Morgan fingerprint density at radius 3 is 2.78 bits per heavy atom. The first-order valence-corrected chi connectivity index (χ1v) is 8.55. The highest BCUT2D eigenvalue weighted by Crippen LogP contribution is 2.21. The predicted octanol–water partition coefficient (Wildman–Crippen LogP) is 3.13. The van der Waals surface area contributed by atoms with E-state index >= 15 is 0 Å². The summed E-state index contributed by atoms with van der Waals surface area (Å²) < 4.78 is 0. The van der Waals surface area contributed by atoms with Crippen LogP contribution in [0.5, 0.6) is 0 Å². The van der Waals surface area contributed by atoms with Gasteiger partial charge in [0.2, 0.25) is 5.95 Å². The molecule has 0 amide bonds. The summed E-state index contributed by atoms with van der Waals surface area (Å²) in [5, 5.41) is 0. The Morgan fingerprint density at radius 1 is 1.22 bits per heavy atom. The van der Waals surface area contributed by atoms with Crippen molar-refractivity contribution in [2.45, 2.75) is 26.8 Å². The number of aryl methyl sites for hydroxylation is 1. The van der Waals surface area contributed by atoms with Crippen molar-refractivity contribution in [1.82, 2.24) is 14.9 Å². The average molecular weight is 310 g/mol. The third-order valence-corrected chi connectivity index (χ3v) is 4.54. The van der Waals surface area contributed by atoms with E-state index in [1.807, 2.05) is 19.2 Å². The molecule has 1 aromatic heterocycles. The molecule has 0 saturated carbocycles. The van der Waals surface area contributed by atoms with Crippen LogP contribution in [0.1, 0.15) is 24.6 Å². The van der Waals surface area contributed by atoms with Crippen LogP contribution in [0.4, 0.5) is 5.95 Å². The number of benzene rings is 1. The van der Waals surface area contributed by atoms with Gasteiger partial charge in [0, 0.05) is 38.1 Å². The summed E-state index contributed by atoms with van der Waals surface area (Å²) in [6, 6.07) is 12.7. The summed E-state index contributed by atoms with van der Waals surface area (Å²) >= 11 is 0. The van der Waals surface area contributed by atoms with E-state index in [0.717, 1.165) is 37.8 Å². The zero-order valence-electron chi connectivity index (χ0n) is 14.2. The molecule has 4 heteroatoms. The molecule has 0 aliphatic carbocycles. The number of aromatic nitrogens is 2. The molecule has 3 rings (SSSR count). The molecular weight excluding hydrogens is 284 g/mol. The molecule has 2 heterocycles. The van der Waals surface area contributed by atoms with Crippen LogP contribution in [0.3, 0.4) is 0 Å². The van der Waals surface area contributed by atoms with Crippen LogP contribution < -0.4 is 4.90 Å². The molecule has 2 aromatic rings. The molecule has 0 N–H and O–H groups in total. The van der Waals surface area contributed by atoms with Crippen LogP contribution in [0, 0.1) is 12.8 Å². The van der Waals surface area contributed by atoms with Crippen molar-refractivity contribution in [3.63, 3.8) is 0 Å². The van der Waals surface area contributed by atoms with Crippen LogP contribution in [0.25, 0.3) is 0 Å². The largest absolute Gasteiger partial charge is 0.341 e. The SMILES string of the molecule is CCN(CC1CCN(Cc2ccccc2)C1)c1nccc(C)n1. The van der Waals surface area contributed by atoms with E-state index in [1.165, 1.54) is 18.5 Å². The monoisotopic (exact) mass is 310 g/mol. The molecule has 0 radical (unpaired) electrons. The normalized spacial score (nSPS) is 18.3. The lowest BCUT2D eigenvalue weighted by atomic mass is 10.1. The first kappa shape index (κ1) is 15.9. The van der Waals surface area contributed by atoms with Crippen LogP contribution in [0.2, 0.25) is 0 Å². The third kappa shape index (κ3) is 4.29. The molecule has 1 aliphatic heterocycles. The Kier molecular flexibility index (Phi) is 5.23. The third-order valence-electron chi connectivity index (χ3n) is 4.54. The zero-order valence-corrected chi connectivity index (χ0v) is 14.2. The number of anilines is 1. The van der Waals surface area contributed by atoms with Gasteiger partial charge in [0.1, 0.15) is 0 Å². The topological polar surface area (TPSA) is 32.3 Å². The van der Waals surface area contributed by atoms with Gasteiger partial charge < -0.3 is 4.90 Å². The molecule has 23 heavy (non-hydrogen) atoms. The fraction of sp³-hybridized carbons (Fsp3) is 0.474. The molecule has 4 nitrogen and oxygen atoms in total. The number of nitrogens with zero attached hydrogens (tertiary/aromatic N) is 4. The number of hydrogen-bond acceptors (Lipinski definition) is 4. The smallest absolute Gasteiger partial charge is 0.225 e. The second kappa shape index (κ2) is 7.55. The van der Waals surface area contributed by atoms with Gasteiger partial charge in [-0.25, -0.2) is 9.97 Å². The minimum atomic E-state index is 0.697. The maximum Gasteiger partial charge on any atom is 0.225 e. The molecule has 1 unspecified atom stereocenters. The van der Waals surface area contributed by atoms with E-state index in [1.54, 1.807) is 0 Å². The van der Waals surface area contributed by atoms with Gasteiger partial charge in [0.25, 0.3) is 0 Å². The van der Waals surface area contributed by atoms with E-state index in [9.17, 15) is 0 Å². The van der Waals surface area contributed by atoms with E-state index in [4.69, 9.17) is 0 Å². The summed E-state index contributed by atoms with van der Waals surface area (Å²) in [7, 11) is 0. The van der Waals surface area contributed by atoms with Gasteiger partial charge in [-0.15, -0.1) is 0 Å². The molecule has 1 atom stereocenters. The van der Waals surface area contributed by atoms with Crippen LogP contribution in [0.15, 0.2) is 42.6 Å². The highest BCUT2D eigenvalue weighted by atomic mass is 15.3. The minimum Gasteiger partial charge on any atom is -0.341 e. The van der Waals surface area contributed by atoms with Gasteiger partial charge in [-0.05, 0) is 44.4 Å². The summed E-state index contributed by atoms with van der Waals surface area (Å²) in [6.07, 6.45) is 3.12. The molecule has 0 bridgehead atoms. The zero-order chi connectivity index (χ0) is 16.1. The molecule has 1 fully saturated rings. The van der Waals surface area contributed by atoms with Crippen molar-refractivity contribution < 1.29 is 0 Å². The molecule has 0 spiro atoms. The lowest BCUT2D eigenvalue weighted by Crippen LogP contribution is -2.32. The molecule has 1 aromatic carbocycles. The molecular formula is C19H26N4. The van der Waals surface area contributed by atoms with Crippen molar-refractivity contribution in [3.05, 3.63) is 53.9 Å². The lowest BCUT2D eigenvalue weighted by Gasteiger charge is -2.24. The first-order valence-electron chi connectivity index (χ1n) is 8.55. The number of hydrogen-bond donors (Lipinski definition) is 0. The summed E-state index contributed by atoms with van der Waals surface area (Å²) in [4.78, 5) is 13.9. The molecule has 1 aliphatic rings. The van der Waals surface area contributed by atoms with Gasteiger partial charge in [-0.1, -0.05) is 30.3 Å². The van der Waals surface area contributed by atoms with Crippen molar-refractivity contribution in [2.75, 3.05) is 31.1 Å². The van der Waals surface area contributed by atoms with Crippen LogP contribution in [-0.2, 0) is 6.54 Å². The Balaban J connectivity index is 1.56. The van der Waals surface area contributed by atoms with Gasteiger partial charge in [-0.3, -0.25) is 4.90 Å². The Labute approximate surface area is 139 Å². The molecule has 1 saturated heterocycles. The average Bonchev–Trinajstić information content (AvgIpc) is 3.00. The highest BCUT2D eigenvalue weighted by molar-refractivity contribution is 5.30. The Morgan fingerprint density at radius 2 is 2.04 bits per heavy atom. The van der Waals surface area contributed by atoms with E-state index < -0.39 is 0 Å².